The molecule has 3 N–H and O–H groups in total. The monoisotopic (exact) mass is 508 g/mol. The Morgan fingerprint density at radius 3 is 2.68 bits per heavy atom. The molecule has 2 aliphatic heterocycles. The quantitative estimate of drug-likeness (QED) is 0.523. The Labute approximate surface area is 215 Å². The van der Waals surface area contributed by atoms with E-state index in [1.165, 1.54) is 14.2 Å². The van der Waals surface area contributed by atoms with Crippen molar-refractivity contribution in [1.82, 2.24) is 20.2 Å². The van der Waals surface area contributed by atoms with Crippen molar-refractivity contribution in [2.45, 2.75) is 37.8 Å². The molecule has 1 amide bonds. The second-order valence-electron chi connectivity index (χ2n) is 9.54. The van der Waals surface area contributed by atoms with E-state index >= 15 is 4.39 Å². The number of carbonyl (C=O) groups excluding carboxylic acids is 1. The third kappa shape index (κ3) is 4.98. The molecule has 1 aromatic heterocycles. The zero-order valence-corrected chi connectivity index (χ0v) is 21.2. The summed E-state index contributed by atoms with van der Waals surface area (Å²) < 4.78 is 25.9. The molecule has 2 saturated heterocycles. The highest BCUT2D eigenvalue weighted by atomic mass is 19.1. The van der Waals surface area contributed by atoms with Crippen LogP contribution in [0.5, 0.6) is 11.5 Å². The zero-order chi connectivity index (χ0) is 25.9. The summed E-state index contributed by atoms with van der Waals surface area (Å²) in [5.74, 6) is 0.126. The van der Waals surface area contributed by atoms with Crippen molar-refractivity contribution in [3.63, 3.8) is 0 Å². The number of rotatable bonds is 6. The van der Waals surface area contributed by atoms with Gasteiger partial charge in [0.15, 0.2) is 17.3 Å². The third-order valence-corrected chi connectivity index (χ3v) is 7.30. The molecule has 0 unspecified atom stereocenters. The molecule has 10 heteroatoms. The number of hydrogen-bond donors (Lipinski definition) is 2. The molecule has 0 spiro atoms. The normalized spacial score (nSPS) is 20.2. The fourth-order valence-corrected chi connectivity index (χ4v) is 5.31. The summed E-state index contributed by atoms with van der Waals surface area (Å²) in [7, 11) is 2.81. The Balaban J connectivity index is 1.48. The van der Waals surface area contributed by atoms with Gasteiger partial charge in [0.2, 0.25) is 11.9 Å². The molecule has 0 bridgehead atoms. The van der Waals surface area contributed by atoms with Crippen LogP contribution in [0.1, 0.15) is 37.3 Å². The van der Waals surface area contributed by atoms with Crippen LogP contribution in [0.3, 0.4) is 0 Å². The first-order valence-electron chi connectivity index (χ1n) is 12.7. The van der Waals surface area contributed by atoms with E-state index < -0.39 is 5.82 Å². The van der Waals surface area contributed by atoms with Crippen LogP contribution in [0.15, 0.2) is 36.4 Å². The molecule has 2 aliphatic rings. The largest absolute Gasteiger partial charge is 0.493 e. The lowest BCUT2D eigenvalue weighted by atomic mass is 9.99. The first-order chi connectivity index (χ1) is 18.0. The van der Waals surface area contributed by atoms with Gasteiger partial charge in [-0.15, -0.1) is 0 Å². The average molecular weight is 509 g/mol. The number of methoxy groups -OCH3 is 2. The van der Waals surface area contributed by atoms with Gasteiger partial charge >= 0.3 is 0 Å². The Morgan fingerprint density at radius 1 is 1.16 bits per heavy atom. The minimum absolute atomic E-state index is 0.0367. The molecule has 0 radical (unpaired) electrons. The van der Waals surface area contributed by atoms with Crippen LogP contribution in [-0.2, 0) is 4.79 Å². The summed E-state index contributed by atoms with van der Waals surface area (Å²) in [5.41, 5.74) is 7.38. The Morgan fingerprint density at radius 2 is 1.97 bits per heavy atom. The number of carbonyl (C=O) groups is 1. The van der Waals surface area contributed by atoms with Gasteiger partial charge in [-0.1, -0.05) is 36.8 Å². The van der Waals surface area contributed by atoms with Gasteiger partial charge in [-0.05, 0) is 31.0 Å². The summed E-state index contributed by atoms with van der Waals surface area (Å²) in [6.45, 7) is 2.45. The fourth-order valence-electron chi connectivity index (χ4n) is 5.31. The highest BCUT2D eigenvalue weighted by Gasteiger charge is 2.34. The predicted octanol–water partition coefficient (Wildman–Crippen LogP) is 3.29. The first-order valence-corrected chi connectivity index (χ1v) is 12.7. The number of piperidine rings is 1. The lowest BCUT2D eigenvalue weighted by Gasteiger charge is -2.42. The van der Waals surface area contributed by atoms with E-state index in [4.69, 9.17) is 15.2 Å². The second kappa shape index (κ2) is 10.8. The van der Waals surface area contributed by atoms with E-state index in [0.29, 0.717) is 37.4 Å². The van der Waals surface area contributed by atoms with Gasteiger partial charge < -0.3 is 30.3 Å². The minimum Gasteiger partial charge on any atom is -0.493 e. The van der Waals surface area contributed by atoms with Gasteiger partial charge in [0, 0.05) is 37.5 Å². The molecule has 37 heavy (non-hydrogen) atoms. The van der Waals surface area contributed by atoms with Crippen molar-refractivity contribution < 1.29 is 18.7 Å². The van der Waals surface area contributed by atoms with Crippen LogP contribution in [-0.4, -0.2) is 67.2 Å². The zero-order valence-electron chi connectivity index (χ0n) is 21.2. The molecule has 9 nitrogen and oxygen atoms in total. The number of nitrogens with one attached hydrogen (secondary N) is 1. The predicted molar refractivity (Wildman–Crippen MR) is 140 cm³/mol. The number of nitrogens with two attached hydrogens (primary N) is 1. The van der Waals surface area contributed by atoms with Crippen molar-refractivity contribution >= 4 is 28.6 Å². The molecule has 196 valence electrons. The van der Waals surface area contributed by atoms with Crippen molar-refractivity contribution in [3.05, 3.63) is 47.8 Å². The number of nitrogen functional groups attached to an aromatic ring is 1. The van der Waals surface area contributed by atoms with E-state index in [-0.39, 0.29) is 40.8 Å². The summed E-state index contributed by atoms with van der Waals surface area (Å²) >= 11 is 0. The molecule has 2 aromatic carbocycles. The number of piperazine rings is 1. The number of fused-ring (bicyclic) bond motifs is 1. The van der Waals surface area contributed by atoms with Crippen molar-refractivity contribution in [3.8, 4) is 11.5 Å². The maximum atomic E-state index is 15.4. The summed E-state index contributed by atoms with van der Waals surface area (Å²) in [6.07, 6.45) is 3.83. The Bertz CT molecular complexity index is 1270. The van der Waals surface area contributed by atoms with Gasteiger partial charge in [-0.3, -0.25) is 4.79 Å². The van der Waals surface area contributed by atoms with E-state index in [9.17, 15) is 4.79 Å². The maximum Gasteiger partial charge on any atom is 0.228 e. The minimum atomic E-state index is -0.655. The molecule has 3 heterocycles. The third-order valence-electron chi connectivity index (χ3n) is 7.30. The highest BCUT2D eigenvalue weighted by Crippen LogP contribution is 2.38. The summed E-state index contributed by atoms with van der Waals surface area (Å²) in [5, 5.41) is 3.82. The molecular weight excluding hydrogens is 475 g/mol. The van der Waals surface area contributed by atoms with Crippen molar-refractivity contribution in [2.24, 2.45) is 0 Å². The number of nitrogens with zero attached hydrogens (tertiary/aromatic N) is 4. The standard InChI is InChI=1S/C27H33FN6O3/c1-36-21-15-19-24(23(28)25(21)37-2)31-27(32-26(19)29)34-13-12-33(16-20(34)17-8-4-3-5-9-17)22(35)14-18-10-6-7-11-30-18/h3-5,8-9,15,18,20,30H,6-7,10-14,16H2,1-2H3,(H2,29,31,32)/t18-,20+/m0/s1. The average Bonchev–Trinajstić information content (AvgIpc) is 2.94. The van der Waals surface area contributed by atoms with Crippen molar-refractivity contribution in [2.75, 3.05) is 51.0 Å². The van der Waals surface area contributed by atoms with Gasteiger partial charge in [0.05, 0.1) is 20.3 Å². The fraction of sp³-hybridized carbons (Fsp3) is 0.444. The number of hydrogen-bond acceptors (Lipinski definition) is 8. The topological polar surface area (TPSA) is 106 Å². The van der Waals surface area contributed by atoms with Gasteiger partial charge in [-0.2, -0.15) is 4.98 Å². The molecule has 3 aromatic rings. The molecule has 0 aliphatic carbocycles. The smallest absolute Gasteiger partial charge is 0.228 e. The number of amides is 1. The molecule has 2 fully saturated rings. The lowest BCUT2D eigenvalue weighted by Crippen LogP contribution is -2.52. The van der Waals surface area contributed by atoms with Crippen LogP contribution >= 0.6 is 0 Å². The van der Waals surface area contributed by atoms with E-state index in [0.717, 1.165) is 31.4 Å². The van der Waals surface area contributed by atoms with Crippen molar-refractivity contribution in [1.29, 1.82) is 0 Å². The van der Waals surface area contributed by atoms with E-state index in [1.807, 2.05) is 40.1 Å². The highest BCUT2D eigenvalue weighted by molar-refractivity contribution is 5.92. The first kappa shape index (κ1) is 25.0. The maximum absolute atomic E-state index is 15.4. The molecule has 0 saturated carbocycles. The van der Waals surface area contributed by atoms with Crippen LogP contribution in [0, 0.1) is 5.82 Å². The molecular formula is C27H33FN6O3. The SMILES string of the molecule is COc1cc2c(N)nc(N3CCN(C(=O)C[C@@H]4CCCCN4)C[C@@H]3c3ccccc3)nc2c(F)c1OC. The number of anilines is 2. The number of benzene rings is 2. The Hall–Kier alpha value is -3.66. The van der Waals surface area contributed by atoms with Crippen LogP contribution in [0.4, 0.5) is 16.2 Å². The summed E-state index contributed by atoms with van der Waals surface area (Å²) in [4.78, 5) is 26.3. The van der Waals surface area contributed by atoms with Gasteiger partial charge in [-0.25, -0.2) is 9.37 Å². The molecule has 2 atom stereocenters. The number of ether oxygens (including phenoxy) is 2. The van der Waals surface area contributed by atoms with Crippen LogP contribution in [0.25, 0.3) is 10.9 Å². The number of aromatic nitrogens is 2. The molecule has 5 rings (SSSR count). The van der Waals surface area contributed by atoms with E-state index in [1.54, 1.807) is 6.07 Å². The lowest BCUT2D eigenvalue weighted by molar-refractivity contribution is -0.132. The van der Waals surface area contributed by atoms with Gasteiger partial charge in [0.25, 0.3) is 0 Å². The van der Waals surface area contributed by atoms with E-state index in [2.05, 4.69) is 15.3 Å². The van der Waals surface area contributed by atoms with Crippen LogP contribution < -0.4 is 25.4 Å². The summed E-state index contributed by atoms with van der Waals surface area (Å²) in [6, 6.07) is 11.5. The Kier molecular flexibility index (Phi) is 7.27. The van der Waals surface area contributed by atoms with Gasteiger partial charge in [0.1, 0.15) is 11.3 Å². The van der Waals surface area contributed by atoms with Crippen LogP contribution in [0.2, 0.25) is 0 Å². The second-order valence-corrected chi connectivity index (χ2v) is 9.54. The number of halogens is 1.